The molecule has 0 saturated carbocycles. The lowest BCUT2D eigenvalue weighted by Gasteiger charge is -2.27. The van der Waals surface area contributed by atoms with Crippen LogP contribution in [0.2, 0.25) is 0 Å². The fraction of sp³-hybridized carbons (Fsp3) is 0.714. The van der Waals surface area contributed by atoms with Crippen molar-refractivity contribution in [2.75, 3.05) is 13.2 Å². The van der Waals surface area contributed by atoms with Crippen molar-refractivity contribution in [3.05, 3.63) is 0 Å². The summed E-state index contributed by atoms with van der Waals surface area (Å²) in [6.45, 7) is -3.48. The molecule has 14 heavy (non-hydrogen) atoms. The Hall–Kier alpha value is -0.810. The smallest absolute Gasteiger partial charge is 0.346 e. The average molecular weight is 212 g/mol. The molecule has 0 aliphatic carbocycles. The third kappa shape index (κ3) is 1.99. The van der Waals surface area contributed by atoms with Gasteiger partial charge in [-0.3, -0.25) is 4.74 Å². The Labute approximate surface area is 77.6 Å². The zero-order valence-corrected chi connectivity index (χ0v) is 6.87. The van der Waals surface area contributed by atoms with Gasteiger partial charge < -0.3 is 14.6 Å². The van der Waals surface area contributed by atoms with Crippen molar-refractivity contribution in [2.45, 2.75) is 18.4 Å². The number of hydrogen-bond acceptors (Lipinski definition) is 4. The first kappa shape index (κ1) is 11.3. The van der Waals surface area contributed by atoms with E-state index < -0.39 is 31.7 Å². The lowest BCUT2D eigenvalue weighted by atomic mass is 10.3. The van der Waals surface area contributed by atoms with E-state index in [1.807, 2.05) is 5.92 Å². The van der Waals surface area contributed by atoms with E-state index >= 15 is 0 Å². The predicted octanol–water partition coefficient (Wildman–Crippen LogP) is 0.217. The van der Waals surface area contributed by atoms with E-state index in [1.165, 1.54) is 0 Å². The second kappa shape index (κ2) is 3.74. The molecule has 0 aromatic heterocycles. The first-order valence-corrected chi connectivity index (χ1v) is 3.53. The Morgan fingerprint density at radius 2 is 2.29 bits per heavy atom. The number of hydrogen-bond donors (Lipinski definition) is 1. The fourth-order valence-electron chi connectivity index (χ4n) is 0.876. The Morgan fingerprint density at radius 3 is 2.64 bits per heavy atom. The lowest BCUT2D eigenvalue weighted by molar-refractivity contribution is -0.381. The summed E-state index contributed by atoms with van der Waals surface area (Å²) >= 11 is 0. The topological polar surface area (TPSA) is 47.9 Å². The average Bonchev–Trinajstić information content (AvgIpc) is 2.44. The van der Waals surface area contributed by atoms with E-state index in [0.29, 0.717) is 0 Å². The van der Waals surface area contributed by atoms with Gasteiger partial charge in [-0.1, -0.05) is 5.92 Å². The Morgan fingerprint density at radius 1 is 1.64 bits per heavy atom. The molecule has 0 amide bonds. The van der Waals surface area contributed by atoms with Crippen LogP contribution in [0, 0.1) is 12.3 Å². The Kier molecular flexibility index (Phi) is 3.01. The first-order valence-electron chi connectivity index (χ1n) is 3.53. The first-order chi connectivity index (χ1) is 6.41. The van der Waals surface area contributed by atoms with Gasteiger partial charge in [0.1, 0.15) is 13.2 Å². The zero-order chi connectivity index (χ0) is 10.8. The molecule has 80 valence electrons. The second-order valence-electron chi connectivity index (χ2n) is 2.48. The molecule has 1 N–H and O–H groups in total. The van der Waals surface area contributed by atoms with Crippen molar-refractivity contribution in [3.63, 3.8) is 0 Å². The van der Waals surface area contributed by atoms with Crippen molar-refractivity contribution in [1.82, 2.24) is 0 Å². The number of halogens is 3. The van der Waals surface area contributed by atoms with E-state index in [-0.39, 0.29) is 0 Å². The molecule has 1 aliphatic rings. The number of aliphatic hydroxyl groups is 1. The second-order valence-corrected chi connectivity index (χ2v) is 2.48. The molecule has 1 heterocycles. The van der Waals surface area contributed by atoms with Crippen LogP contribution in [0.3, 0.4) is 0 Å². The summed E-state index contributed by atoms with van der Waals surface area (Å²) in [6.07, 6.45) is -0.0759. The lowest BCUT2D eigenvalue weighted by Crippen LogP contribution is -2.50. The molecule has 0 aromatic rings. The third-order valence-electron chi connectivity index (χ3n) is 1.53. The number of ether oxygens (including phenoxy) is 3. The van der Waals surface area contributed by atoms with Crippen molar-refractivity contribution in [2.24, 2.45) is 0 Å². The molecule has 0 spiro atoms. The van der Waals surface area contributed by atoms with Crippen LogP contribution in [0.15, 0.2) is 0 Å². The normalized spacial score (nSPS) is 32.9. The Balaban J connectivity index is 2.77. The maximum atomic E-state index is 12.4. The van der Waals surface area contributed by atoms with Gasteiger partial charge in [-0.15, -0.1) is 6.42 Å². The van der Waals surface area contributed by atoms with Gasteiger partial charge in [0.15, 0.2) is 0 Å². The molecule has 2 atom stereocenters. The van der Waals surface area contributed by atoms with Crippen LogP contribution < -0.4 is 0 Å². The van der Waals surface area contributed by atoms with E-state index in [0.717, 1.165) is 0 Å². The van der Waals surface area contributed by atoms with Crippen LogP contribution in [0.5, 0.6) is 0 Å². The van der Waals surface area contributed by atoms with E-state index in [4.69, 9.17) is 11.5 Å². The standard InChI is InChI=1S/C7H7F3O4/c1-2-3-13-6(7(8,9)10)4-12-5(11)14-6/h1,5,11H,3-4H2. The Bertz CT molecular complexity index is 246. The quantitative estimate of drug-likeness (QED) is 0.665. The van der Waals surface area contributed by atoms with Gasteiger partial charge in [0.05, 0.1) is 0 Å². The number of alkyl halides is 3. The van der Waals surface area contributed by atoms with Crippen molar-refractivity contribution < 1.29 is 32.5 Å². The van der Waals surface area contributed by atoms with Gasteiger partial charge in [-0.05, 0) is 0 Å². The third-order valence-corrected chi connectivity index (χ3v) is 1.53. The summed E-state index contributed by atoms with van der Waals surface area (Å²) in [6, 6.07) is 0. The highest BCUT2D eigenvalue weighted by Gasteiger charge is 2.62. The highest BCUT2D eigenvalue weighted by atomic mass is 19.4. The molecule has 1 rings (SSSR count). The largest absolute Gasteiger partial charge is 0.445 e. The van der Waals surface area contributed by atoms with Gasteiger partial charge >= 0.3 is 6.18 Å². The molecule has 4 nitrogen and oxygen atoms in total. The van der Waals surface area contributed by atoms with Crippen molar-refractivity contribution in [3.8, 4) is 12.3 Å². The molecular weight excluding hydrogens is 205 g/mol. The van der Waals surface area contributed by atoms with Crippen LogP contribution >= 0.6 is 0 Å². The van der Waals surface area contributed by atoms with Crippen molar-refractivity contribution >= 4 is 0 Å². The fourth-order valence-corrected chi connectivity index (χ4v) is 0.876. The molecule has 0 radical (unpaired) electrons. The van der Waals surface area contributed by atoms with Gasteiger partial charge in [-0.25, -0.2) is 0 Å². The van der Waals surface area contributed by atoms with E-state index in [1.54, 1.807) is 0 Å². The highest BCUT2D eigenvalue weighted by Crippen LogP contribution is 2.39. The van der Waals surface area contributed by atoms with E-state index in [2.05, 4.69) is 14.2 Å². The number of rotatable bonds is 2. The summed E-state index contributed by atoms with van der Waals surface area (Å²) in [5.74, 6) is -1.09. The minimum absolute atomic E-state index is 0.588. The van der Waals surface area contributed by atoms with Crippen molar-refractivity contribution in [1.29, 1.82) is 0 Å². The van der Waals surface area contributed by atoms with Crippen LogP contribution in [-0.2, 0) is 14.2 Å². The number of terminal acetylenes is 1. The van der Waals surface area contributed by atoms with Crippen LogP contribution in [0.1, 0.15) is 0 Å². The monoisotopic (exact) mass is 212 g/mol. The summed E-state index contributed by atoms with van der Waals surface area (Å²) in [4.78, 5) is 0. The van der Waals surface area contributed by atoms with Gasteiger partial charge in [0.2, 0.25) is 0 Å². The molecule has 1 aliphatic heterocycles. The van der Waals surface area contributed by atoms with Gasteiger partial charge in [0, 0.05) is 0 Å². The maximum absolute atomic E-state index is 12.4. The summed E-state index contributed by atoms with van der Waals surface area (Å²) < 4.78 is 49.8. The molecule has 2 unspecified atom stereocenters. The minimum atomic E-state index is -4.82. The van der Waals surface area contributed by atoms with Gasteiger partial charge in [0.25, 0.3) is 12.3 Å². The van der Waals surface area contributed by atoms with Crippen LogP contribution in [-0.4, -0.2) is 36.8 Å². The SMILES string of the molecule is C#CCOC1(C(F)(F)F)COC(O)O1. The number of aliphatic hydroxyl groups excluding tert-OH is 1. The summed E-state index contributed by atoms with van der Waals surface area (Å²) in [5.41, 5.74) is 0. The molecule has 0 bridgehead atoms. The minimum Gasteiger partial charge on any atom is -0.346 e. The van der Waals surface area contributed by atoms with Crippen LogP contribution in [0.4, 0.5) is 13.2 Å². The molecular formula is C7H7F3O4. The molecule has 1 fully saturated rings. The highest BCUT2D eigenvalue weighted by molar-refractivity contribution is 4.88. The molecule has 7 heteroatoms. The maximum Gasteiger partial charge on any atom is 0.445 e. The predicted molar refractivity (Wildman–Crippen MR) is 36.6 cm³/mol. The zero-order valence-electron chi connectivity index (χ0n) is 6.87. The summed E-state index contributed by atoms with van der Waals surface area (Å²) in [5, 5.41) is 8.65. The molecule has 0 aromatic carbocycles. The molecule has 1 saturated heterocycles. The van der Waals surface area contributed by atoms with Crippen LogP contribution in [0.25, 0.3) is 0 Å². The van der Waals surface area contributed by atoms with E-state index in [9.17, 15) is 13.2 Å². The summed E-state index contributed by atoms with van der Waals surface area (Å²) in [7, 11) is 0. The van der Waals surface area contributed by atoms with Gasteiger partial charge in [-0.2, -0.15) is 13.2 Å².